The molecule has 0 N–H and O–H groups in total. The Bertz CT molecular complexity index is 2580. The van der Waals surface area contributed by atoms with Gasteiger partial charge in [-0.1, -0.05) is 0 Å². The van der Waals surface area contributed by atoms with Gasteiger partial charge in [0.05, 0.1) is 130 Å². The van der Waals surface area contributed by atoms with Crippen LogP contribution in [0.1, 0.15) is 22.3 Å². The van der Waals surface area contributed by atoms with E-state index in [1.165, 1.54) is 22.7 Å². The van der Waals surface area contributed by atoms with Gasteiger partial charge in [-0.05, 0) is 168 Å². The van der Waals surface area contributed by atoms with Crippen LogP contribution in [0.4, 0.5) is 22.7 Å². The van der Waals surface area contributed by atoms with Crippen LogP contribution in [0.25, 0.3) is 22.3 Å². The van der Waals surface area contributed by atoms with Gasteiger partial charge in [0.15, 0.2) is 0 Å². The van der Waals surface area contributed by atoms with E-state index in [0.717, 1.165) is 90.2 Å². The molecule has 68 heavy (non-hydrogen) atoms. The average molecular weight is 987 g/mol. The molecule has 352 valence electrons. The van der Waals surface area contributed by atoms with Crippen molar-refractivity contribution in [3.05, 3.63) is 191 Å². The van der Waals surface area contributed by atoms with E-state index in [1.807, 2.05) is 0 Å². The lowest BCUT2D eigenvalue weighted by Gasteiger charge is -2.23. The molecule has 5 aliphatic heterocycles. The van der Waals surface area contributed by atoms with Crippen molar-refractivity contribution < 1.29 is 49.6 Å². The summed E-state index contributed by atoms with van der Waals surface area (Å²) in [6.45, 7) is 0. The number of allylic oxidation sites excluding steroid dienone is 12. The zero-order chi connectivity index (χ0) is 45.3. The number of benzene rings is 4. The van der Waals surface area contributed by atoms with Crippen LogP contribution in [0.3, 0.4) is 0 Å². The first-order chi connectivity index (χ1) is 30.2. The Balaban J connectivity index is 0.00000216. The van der Waals surface area contributed by atoms with Crippen molar-refractivity contribution in [3.63, 3.8) is 0 Å². The lowest BCUT2D eigenvalue weighted by atomic mass is 9.98. The summed E-state index contributed by atoms with van der Waals surface area (Å²) in [5.41, 5.74) is 19.7. The van der Waals surface area contributed by atoms with Crippen molar-refractivity contribution in [2.45, 2.75) is 0 Å². The third-order valence-electron chi connectivity index (χ3n) is 12.3. The number of aliphatic imine (C=N–C) groups is 4. The third-order valence-corrected chi connectivity index (χ3v) is 12.3. The second kappa shape index (κ2) is 19.8. The minimum Gasteiger partial charge on any atom is -1.00 e. The van der Waals surface area contributed by atoms with E-state index in [9.17, 15) is 0 Å². The number of halogens is 4. The SMILES string of the molecule is C[N+](C)(C)c1ccc(C2=C3C=CC(=N3)C(c3ccc([N+](C)(C)C)cc3)=C3C=CC(=N3)C(c3ccc([N+](C)(C)C)cc3)=C3C=CC(=N3)C(c3ccc([N+](C)(C)C)cc3)=C3C=CC2=N3)cc1.[Cl-].[Cl-].[Cl-].[Cl-]. The topological polar surface area (TPSA) is 49.4 Å². The van der Waals surface area contributed by atoms with Crippen molar-refractivity contribution in [1.29, 1.82) is 0 Å². The van der Waals surface area contributed by atoms with E-state index in [1.54, 1.807) is 0 Å². The third kappa shape index (κ3) is 10.5. The molecule has 0 fully saturated rings. The number of fused-ring (bicyclic) bond motifs is 4. The van der Waals surface area contributed by atoms with Crippen molar-refractivity contribution in [2.24, 2.45) is 20.0 Å². The van der Waals surface area contributed by atoms with Gasteiger partial charge in [0, 0.05) is 22.3 Å². The Morgan fingerprint density at radius 1 is 0.235 bits per heavy atom. The predicted octanol–water partition coefficient (Wildman–Crippen LogP) is -1.51. The fraction of sp³-hybridized carbons (Fsp3) is 0.214. The van der Waals surface area contributed by atoms with Gasteiger partial charge in [-0.3, -0.25) is 17.9 Å². The van der Waals surface area contributed by atoms with E-state index in [-0.39, 0.29) is 49.6 Å². The molecule has 0 atom stereocenters. The van der Waals surface area contributed by atoms with Crippen LogP contribution in [-0.4, -0.2) is 107 Å². The highest BCUT2D eigenvalue weighted by Crippen LogP contribution is 2.40. The van der Waals surface area contributed by atoms with E-state index >= 15 is 0 Å². The Kier molecular flexibility index (Phi) is 15.6. The molecule has 0 unspecified atom stereocenters. The summed E-state index contributed by atoms with van der Waals surface area (Å²) in [6.07, 6.45) is 17.1. The molecule has 8 bridgehead atoms. The predicted molar refractivity (Wildman–Crippen MR) is 278 cm³/mol. The minimum atomic E-state index is 0. The highest BCUT2D eigenvalue weighted by atomic mass is 35.5. The molecule has 0 amide bonds. The maximum Gasteiger partial charge on any atom is 0.132 e. The van der Waals surface area contributed by atoms with Gasteiger partial charge in [0.2, 0.25) is 0 Å². The molecule has 0 saturated heterocycles. The van der Waals surface area contributed by atoms with Gasteiger partial charge in [0.1, 0.15) is 22.7 Å². The lowest BCUT2D eigenvalue weighted by Crippen LogP contribution is -3.00. The number of nitrogens with zero attached hydrogens (tertiary/aromatic N) is 8. The van der Waals surface area contributed by atoms with Gasteiger partial charge < -0.3 is 49.6 Å². The maximum atomic E-state index is 5.50. The van der Waals surface area contributed by atoms with Crippen LogP contribution in [0.15, 0.2) is 188 Å². The first-order valence-corrected chi connectivity index (χ1v) is 22.0. The van der Waals surface area contributed by atoms with Crippen LogP contribution >= 0.6 is 0 Å². The van der Waals surface area contributed by atoms with Crippen molar-refractivity contribution in [1.82, 2.24) is 17.9 Å². The highest BCUT2D eigenvalue weighted by molar-refractivity contribution is 6.39. The molecule has 4 aromatic carbocycles. The first kappa shape index (κ1) is 53.4. The van der Waals surface area contributed by atoms with Crippen LogP contribution in [0.2, 0.25) is 0 Å². The monoisotopic (exact) mass is 984 g/mol. The second-order valence-electron chi connectivity index (χ2n) is 20.6. The smallest absolute Gasteiger partial charge is 0.132 e. The standard InChI is InChI=1S/C56H60N8.4ClH/c1-61(2,3)41-21-13-37(14-22-41)53-45-29-31-47(57-45)54(38-15-23-42(24-16-38)62(4,5)6)49-33-35-51(59-49)56(40-19-27-44(28-20-40)64(10,11)12)52-36-34-50(60-52)55(48-32-30-46(53)58-48)39-17-25-43(26-18-39)63(7,8)9;;;;/h13-36H,1-12H3;4*1H/q+4;;;;/p-4. The molecule has 5 heterocycles. The van der Waals surface area contributed by atoms with Gasteiger partial charge >= 0.3 is 0 Å². The van der Waals surface area contributed by atoms with Crippen molar-refractivity contribution in [2.75, 3.05) is 84.6 Å². The normalized spacial score (nSPS) is 16.5. The summed E-state index contributed by atoms with van der Waals surface area (Å²) in [6, 6.07) is 35.3. The number of quaternary nitrogens is 4. The molecule has 0 aliphatic carbocycles. The molecule has 8 nitrogen and oxygen atoms in total. The fourth-order valence-corrected chi connectivity index (χ4v) is 8.57. The Morgan fingerprint density at radius 2 is 0.397 bits per heavy atom. The quantitative estimate of drug-likeness (QED) is 0.193. The van der Waals surface area contributed by atoms with Crippen LogP contribution in [0, 0.1) is 0 Å². The van der Waals surface area contributed by atoms with Gasteiger partial charge in [-0.15, -0.1) is 0 Å². The summed E-state index contributed by atoms with van der Waals surface area (Å²) in [4.78, 5) is 22.0. The highest BCUT2D eigenvalue weighted by Gasteiger charge is 2.29. The summed E-state index contributed by atoms with van der Waals surface area (Å²) in [5, 5.41) is 0. The molecule has 12 heteroatoms. The Morgan fingerprint density at radius 3 is 0.544 bits per heavy atom. The molecule has 0 aromatic heterocycles. The largest absolute Gasteiger partial charge is 1.00 e. The van der Waals surface area contributed by atoms with Gasteiger partial charge in [0.25, 0.3) is 0 Å². The molecule has 4 aromatic rings. The average Bonchev–Trinajstić information content (AvgIpc) is 4.08. The van der Waals surface area contributed by atoms with Gasteiger partial charge in [-0.2, -0.15) is 0 Å². The van der Waals surface area contributed by atoms with E-state index in [4.69, 9.17) is 20.0 Å². The van der Waals surface area contributed by atoms with Crippen LogP contribution in [-0.2, 0) is 0 Å². The number of rotatable bonds is 8. The zero-order valence-corrected chi connectivity index (χ0v) is 44.0. The molecule has 9 rings (SSSR count). The Hall–Kier alpha value is -5.52. The van der Waals surface area contributed by atoms with E-state index in [0.29, 0.717) is 17.9 Å². The summed E-state index contributed by atoms with van der Waals surface area (Å²) < 4.78 is 2.86. The van der Waals surface area contributed by atoms with Crippen LogP contribution in [0.5, 0.6) is 0 Å². The van der Waals surface area contributed by atoms with Gasteiger partial charge in [-0.25, -0.2) is 20.0 Å². The lowest BCUT2D eigenvalue weighted by molar-refractivity contribution is -0.00100. The Labute approximate surface area is 428 Å². The number of hydrogen-bond acceptors (Lipinski definition) is 4. The molecular formula is C56H60Cl4N8. The van der Waals surface area contributed by atoms with Crippen LogP contribution < -0.4 is 67.6 Å². The summed E-state index contributed by atoms with van der Waals surface area (Å²) in [5.74, 6) is 0. The maximum absolute atomic E-state index is 5.50. The van der Waals surface area contributed by atoms with E-state index in [2.05, 4.69) is 230 Å². The molecule has 0 spiro atoms. The molecule has 0 saturated carbocycles. The first-order valence-electron chi connectivity index (χ1n) is 22.0. The molecular weight excluding hydrogens is 926 g/mol. The summed E-state index contributed by atoms with van der Waals surface area (Å²) in [7, 11) is 26.3. The zero-order valence-electron chi connectivity index (χ0n) is 40.9. The molecule has 5 aliphatic rings. The fourth-order valence-electron chi connectivity index (χ4n) is 8.57. The van der Waals surface area contributed by atoms with Crippen molar-refractivity contribution in [3.8, 4) is 0 Å². The molecule has 0 radical (unpaired) electrons. The minimum absolute atomic E-state index is 0. The van der Waals surface area contributed by atoms with Crippen molar-refractivity contribution >= 4 is 67.9 Å². The summed E-state index contributed by atoms with van der Waals surface area (Å²) >= 11 is 0. The second-order valence-corrected chi connectivity index (χ2v) is 20.6. The number of hydrogen-bond donors (Lipinski definition) is 0. The van der Waals surface area contributed by atoms with E-state index < -0.39 is 0 Å².